The summed E-state index contributed by atoms with van der Waals surface area (Å²) in [4.78, 5) is 22.1. The zero-order chi connectivity index (χ0) is 18.8. The van der Waals surface area contributed by atoms with E-state index in [1.54, 1.807) is 0 Å². The van der Waals surface area contributed by atoms with Crippen LogP contribution in [0.1, 0.15) is 104 Å². The predicted octanol–water partition coefficient (Wildman–Crippen LogP) is 5.61. The third-order valence-corrected chi connectivity index (χ3v) is 4.41. The number of nitrogens with one attached hydrogen (secondary N) is 1. The van der Waals surface area contributed by atoms with Gasteiger partial charge >= 0.3 is 5.97 Å². The van der Waals surface area contributed by atoms with Crippen LogP contribution in [-0.4, -0.2) is 23.0 Å². The van der Waals surface area contributed by atoms with Crippen LogP contribution in [0.25, 0.3) is 0 Å². The molecule has 0 bridgehead atoms. The highest BCUT2D eigenvalue weighted by molar-refractivity contribution is 5.83. The van der Waals surface area contributed by atoms with Gasteiger partial charge in [0, 0.05) is 6.42 Å². The van der Waals surface area contributed by atoms with Crippen LogP contribution in [-0.2, 0) is 9.59 Å². The van der Waals surface area contributed by atoms with Gasteiger partial charge in [0.15, 0.2) is 0 Å². The normalized spacial score (nSPS) is 12.4. The molecule has 0 aliphatic rings. The molecule has 0 unspecified atom stereocenters. The number of rotatable bonds is 17. The van der Waals surface area contributed by atoms with Crippen LogP contribution >= 0.6 is 0 Å². The van der Waals surface area contributed by atoms with Crippen molar-refractivity contribution in [2.75, 3.05) is 0 Å². The van der Waals surface area contributed by atoms with Crippen LogP contribution in [0.5, 0.6) is 0 Å². The van der Waals surface area contributed by atoms with Crippen LogP contribution in [0.15, 0.2) is 12.2 Å². The Bertz CT molecular complexity index is 366. The summed E-state index contributed by atoms with van der Waals surface area (Å²) < 4.78 is 0. The number of carboxylic acids is 1. The van der Waals surface area contributed by atoms with Gasteiger partial charge in [0.25, 0.3) is 0 Å². The van der Waals surface area contributed by atoms with Gasteiger partial charge in [-0.1, -0.05) is 70.4 Å². The molecule has 0 rings (SSSR count). The molecule has 0 saturated heterocycles. The van der Waals surface area contributed by atoms with E-state index in [1.807, 2.05) is 0 Å². The molecule has 0 aromatic rings. The number of unbranched alkanes of at least 4 members (excludes halogenated alkanes) is 11. The van der Waals surface area contributed by atoms with Crippen molar-refractivity contribution in [2.45, 2.75) is 110 Å². The summed E-state index contributed by atoms with van der Waals surface area (Å²) in [7, 11) is 0. The summed E-state index contributed by atoms with van der Waals surface area (Å²) in [6.45, 7) is 3.74. The number of carbonyl (C=O) groups excluding carboxylic acids is 1. The maximum Gasteiger partial charge on any atom is 0.325 e. The van der Waals surface area contributed by atoms with Gasteiger partial charge in [-0.05, 0) is 39.0 Å². The molecule has 0 fully saturated rings. The second kappa shape index (κ2) is 17.5. The number of hydrogen-bond acceptors (Lipinski definition) is 2. The van der Waals surface area contributed by atoms with Crippen molar-refractivity contribution >= 4 is 11.9 Å². The molecule has 0 aromatic heterocycles. The van der Waals surface area contributed by atoms with E-state index in [0.717, 1.165) is 25.7 Å². The average molecular weight is 354 g/mol. The third kappa shape index (κ3) is 17.3. The fourth-order valence-electron chi connectivity index (χ4n) is 2.73. The summed E-state index contributed by atoms with van der Waals surface area (Å²) in [6.07, 6.45) is 21.0. The van der Waals surface area contributed by atoms with E-state index in [1.165, 1.54) is 64.7 Å². The lowest BCUT2D eigenvalue weighted by molar-refractivity contribution is -0.141. The molecule has 25 heavy (non-hydrogen) atoms. The molecular formula is C21H39NO3. The van der Waals surface area contributed by atoms with Gasteiger partial charge in [0.1, 0.15) is 6.04 Å². The molecule has 0 aromatic carbocycles. The van der Waals surface area contributed by atoms with Crippen LogP contribution < -0.4 is 5.32 Å². The number of carboxylic acid groups (broad SMARTS) is 1. The quantitative estimate of drug-likeness (QED) is 0.264. The smallest absolute Gasteiger partial charge is 0.325 e. The van der Waals surface area contributed by atoms with Crippen molar-refractivity contribution < 1.29 is 14.7 Å². The van der Waals surface area contributed by atoms with Crippen molar-refractivity contribution in [3.05, 3.63) is 12.2 Å². The zero-order valence-electron chi connectivity index (χ0n) is 16.4. The van der Waals surface area contributed by atoms with Gasteiger partial charge in [-0.15, -0.1) is 0 Å². The van der Waals surface area contributed by atoms with Gasteiger partial charge in [-0.3, -0.25) is 9.59 Å². The fourth-order valence-corrected chi connectivity index (χ4v) is 2.73. The third-order valence-electron chi connectivity index (χ3n) is 4.41. The minimum atomic E-state index is -0.988. The molecule has 2 N–H and O–H groups in total. The lowest BCUT2D eigenvalue weighted by Crippen LogP contribution is -2.38. The number of aliphatic carboxylic acids is 1. The highest BCUT2D eigenvalue weighted by Gasteiger charge is 2.12. The molecule has 0 saturated carbocycles. The summed E-state index contributed by atoms with van der Waals surface area (Å²) in [5.74, 6) is -1.15. The molecule has 0 aliphatic carbocycles. The molecule has 4 nitrogen and oxygen atoms in total. The van der Waals surface area contributed by atoms with E-state index in [0.29, 0.717) is 6.42 Å². The zero-order valence-corrected chi connectivity index (χ0v) is 16.4. The Labute approximate surface area is 154 Å². The van der Waals surface area contributed by atoms with E-state index in [4.69, 9.17) is 5.11 Å². The molecule has 0 spiro atoms. The lowest BCUT2D eigenvalue weighted by Gasteiger charge is -2.08. The van der Waals surface area contributed by atoms with Crippen molar-refractivity contribution in [2.24, 2.45) is 0 Å². The van der Waals surface area contributed by atoms with E-state index in [-0.39, 0.29) is 5.91 Å². The minimum Gasteiger partial charge on any atom is -0.480 e. The Kier molecular flexibility index (Phi) is 16.6. The van der Waals surface area contributed by atoms with Gasteiger partial charge in [0.2, 0.25) is 5.91 Å². The molecule has 0 aliphatic heterocycles. The molecule has 1 amide bonds. The van der Waals surface area contributed by atoms with E-state index in [9.17, 15) is 9.59 Å². The predicted molar refractivity (Wildman–Crippen MR) is 105 cm³/mol. The van der Waals surface area contributed by atoms with E-state index >= 15 is 0 Å². The van der Waals surface area contributed by atoms with Crippen LogP contribution in [0.4, 0.5) is 0 Å². The van der Waals surface area contributed by atoms with Crippen molar-refractivity contribution in [3.63, 3.8) is 0 Å². The van der Waals surface area contributed by atoms with Crippen molar-refractivity contribution in [3.8, 4) is 0 Å². The Morgan fingerprint density at radius 1 is 0.840 bits per heavy atom. The molecule has 0 radical (unpaired) electrons. The molecule has 0 heterocycles. The monoisotopic (exact) mass is 353 g/mol. The van der Waals surface area contributed by atoms with Crippen molar-refractivity contribution in [1.82, 2.24) is 5.32 Å². The fraction of sp³-hybridized carbons (Fsp3) is 0.810. The SMILES string of the molecule is CCCCCCCC/C=C/CCCCCCCC(=O)N[C@H](C)C(=O)O. The Hall–Kier alpha value is -1.32. The lowest BCUT2D eigenvalue weighted by atomic mass is 10.1. The first kappa shape index (κ1) is 23.7. The maximum atomic E-state index is 11.5. The van der Waals surface area contributed by atoms with Crippen LogP contribution in [0, 0.1) is 0 Å². The highest BCUT2D eigenvalue weighted by atomic mass is 16.4. The van der Waals surface area contributed by atoms with Crippen LogP contribution in [0.2, 0.25) is 0 Å². The number of amides is 1. The summed E-state index contributed by atoms with van der Waals surface area (Å²) >= 11 is 0. The highest BCUT2D eigenvalue weighted by Crippen LogP contribution is 2.10. The number of carbonyl (C=O) groups is 2. The molecule has 4 heteroatoms. The van der Waals surface area contributed by atoms with Crippen molar-refractivity contribution in [1.29, 1.82) is 0 Å². The summed E-state index contributed by atoms with van der Waals surface area (Å²) in [6, 6.07) is -0.796. The first-order valence-electron chi connectivity index (χ1n) is 10.2. The van der Waals surface area contributed by atoms with E-state index < -0.39 is 12.0 Å². The Morgan fingerprint density at radius 2 is 1.32 bits per heavy atom. The van der Waals surface area contributed by atoms with Gasteiger partial charge in [-0.25, -0.2) is 0 Å². The van der Waals surface area contributed by atoms with Gasteiger partial charge in [0.05, 0.1) is 0 Å². The second-order valence-corrected chi connectivity index (χ2v) is 6.96. The molecular weight excluding hydrogens is 314 g/mol. The van der Waals surface area contributed by atoms with Gasteiger partial charge in [-0.2, -0.15) is 0 Å². The first-order chi connectivity index (χ1) is 12.1. The molecule has 146 valence electrons. The average Bonchev–Trinajstić information content (AvgIpc) is 2.58. The largest absolute Gasteiger partial charge is 0.480 e. The summed E-state index contributed by atoms with van der Waals surface area (Å²) in [5, 5.41) is 11.2. The number of allylic oxidation sites excluding steroid dienone is 2. The van der Waals surface area contributed by atoms with Gasteiger partial charge < -0.3 is 10.4 Å². The standard InChI is InChI=1S/C21H39NO3/c1-3-4-5-6-7-8-9-10-11-12-13-14-15-16-17-18-20(23)22-19(2)21(24)25/h10-11,19H,3-9,12-18H2,1-2H3,(H,22,23)(H,24,25)/b11-10+/t19-/m1/s1. The molecule has 1 atom stereocenters. The second-order valence-electron chi connectivity index (χ2n) is 6.96. The maximum absolute atomic E-state index is 11.5. The summed E-state index contributed by atoms with van der Waals surface area (Å²) in [5.41, 5.74) is 0. The minimum absolute atomic E-state index is 0.160. The number of hydrogen-bond donors (Lipinski definition) is 2. The van der Waals surface area contributed by atoms with E-state index in [2.05, 4.69) is 24.4 Å². The Morgan fingerprint density at radius 3 is 1.84 bits per heavy atom. The topological polar surface area (TPSA) is 66.4 Å². The first-order valence-corrected chi connectivity index (χ1v) is 10.2. The van der Waals surface area contributed by atoms with Crippen LogP contribution in [0.3, 0.4) is 0 Å². The Balaban J connectivity index is 3.29.